The summed E-state index contributed by atoms with van der Waals surface area (Å²) in [6.07, 6.45) is -0.544. The number of rotatable bonds is 1. The molecule has 7 heteroatoms. The molecule has 3 N–H and O–H groups in total. The highest BCUT2D eigenvalue weighted by molar-refractivity contribution is 6.24. The van der Waals surface area contributed by atoms with Crippen LogP contribution in [0.25, 0.3) is 5.57 Å². The van der Waals surface area contributed by atoms with Gasteiger partial charge in [0, 0.05) is 16.5 Å². The van der Waals surface area contributed by atoms with Crippen molar-refractivity contribution in [2.45, 2.75) is 39.4 Å². The van der Waals surface area contributed by atoms with Crippen molar-refractivity contribution in [2.75, 3.05) is 7.11 Å². The Morgan fingerprint density at radius 1 is 1.15 bits per heavy atom. The van der Waals surface area contributed by atoms with E-state index >= 15 is 0 Å². The van der Waals surface area contributed by atoms with Gasteiger partial charge in [-0.2, -0.15) is 0 Å². The van der Waals surface area contributed by atoms with Crippen LogP contribution in [0.2, 0.25) is 0 Å². The summed E-state index contributed by atoms with van der Waals surface area (Å²) in [4.78, 5) is 26.2. The van der Waals surface area contributed by atoms with Gasteiger partial charge in [-0.15, -0.1) is 0 Å². The summed E-state index contributed by atoms with van der Waals surface area (Å²) in [5.41, 5.74) is -2.61. The lowest BCUT2D eigenvalue weighted by molar-refractivity contribution is -0.00662. The van der Waals surface area contributed by atoms with Gasteiger partial charge in [0.25, 0.3) is 0 Å². The summed E-state index contributed by atoms with van der Waals surface area (Å²) in [7, 11) is 1.22. The van der Waals surface area contributed by atoms with E-state index in [1.807, 2.05) is 0 Å². The number of fused-ring (bicyclic) bond motifs is 1. The predicted molar refractivity (Wildman–Crippen MR) is 94.4 cm³/mol. The molecule has 0 saturated carbocycles. The number of aromatic hydroxyl groups is 1. The predicted octanol–water partition coefficient (Wildman–Crippen LogP) is 2.40. The maximum Gasteiger partial charge on any atom is 0.235 e. The standard InChI is InChI=1S/C20H20O7/c1-7-6-9(21)11-12-10(7)17(24)20(25)18(27-8(2)19(20,3)4)13(12)15(23)16(26-5)14(11)22/h6,8,21,23,25H,1-5H3/t8-,20+/m0/s1. The Balaban J connectivity index is 2.25. The van der Waals surface area contributed by atoms with E-state index in [0.29, 0.717) is 5.56 Å². The molecule has 1 saturated heterocycles. The van der Waals surface area contributed by atoms with Crippen LogP contribution in [0.3, 0.4) is 0 Å². The van der Waals surface area contributed by atoms with Crippen LogP contribution in [-0.4, -0.2) is 45.7 Å². The number of Topliss-reactive ketones (excluding diaryl/α,β-unsaturated/α-hetero) is 2. The van der Waals surface area contributed by atoms with Crippen LogP contribution in [0, 0.1) is 12.3 Å². The maximum absolute atomic E-state index is 13.4. The number of benzene rings is 1. The minimum absolute atomic E-state index is 0.00924. The minimum atomic E-state index is -2.03. The van der Waals surface area contributed by atoms with E-state index in [9.17, 15) is 24.9 Å². The number of aliphatic hydroxyl groups excluding tert-OH is 1. The fraction of sp³-hybridized carbons (Fsp3) is 0.400. The van der Waals surface area contributed by atoms with Gasteiger partial charge >= 0.3 is 0 Å². The minimum Gasteiger partial charge on any atom is -0.507 e. The molecule has 7 nitrogen and oxygen atoms in total. The third-order valence-corrected chi connectivity index (χ3v) is 6.20. The van der Waals surface area contributed by atoms with Crippen molar-refractivity contribution in [3.05, 3.63) is 45.6 Å². The van der Waals surface area contributed by atoms with Crippen LogP contribution in [0.5, 0.6) is 5.75 Å². The molecule has 3 aliphatic rings. The van der Waals surface area contributed by atoms with Gasteiger partial charge < -0.3 is 24.8 Å². The van der Waals surface area contributed by atoms with Crippen LogP contribution in [0.1, 0.15) is 52.6 Å². The number of aliphatic hydroxyl groups is 2. The fourth-order valence-corrected chi connectivity index (χ4v) is 4.25. The number of ether oxygens (including phenoxy) is 2. The Morgan fingerprint density at radius 3 is 2.37 bits per heavy atom. The molecule has 27 heavy (non-hydrogen) atoms. The van der Waals surface area contributed by atoms with Gasteiger partial charge in [-0.1, -0.05) is 13.8 Å². The first-order valence-electron chi connectivity index (χ1n) is 8.57. The molecule has 4 rings (SSSR count). The van der Waals surface area contributed by atoms with Crippen LogP contribution >= 0.6 is 0 Å². The largest absolute Gasteiger partial charge is 0.507 e. The van der Waals surface area contributed by atoms with Crippen molar-refractivity contribution in [2.24, 2.45) is 5.41 Å². The van der Waals surface area contributed by atoms with Gasteiger partial charge in [-0.05, 0) is 25.5 Å². The quantitative estimate of drug-likeness (QED) is 0.694. The number of hydrogen-bond donors (Lipinski definition) is 3. The first-order valence-corrected chi connectivity index (χ1v) is 8.57. The van der Waals surface area contributed by atoms with Crippen LogP contribution in [-0.2, 0) is 9.47 Å². The summed E-state index contributed by atoms with van der Waals surface area (Å²) in [5, 5.41) is 32.7. The lowest BCUT2D eigenvalue weighted by Gasteiger charge is -2.39. The number of carbonyl (C=O) groups excluding carboxylic acids is 2. The zero-order valence-electron chi connectivity index (χ0n) is 15.6. The maximum atomic E-state index is 13.4. The molecule has 0 bridgehead atoms. The molecular formula is C20H20O7. The molecule has 1 aromatic carbocycles. The SMILES string of the molecule is COC1=C(O)C2=C3O[C@@H](C)C(C)(C)[C@@]3(O)C(=O)c3c(C)cc(O)c(c32)C1=O. The fourth-order valence-electron chi connectivity index (χ4n) is 4.25. The second kappa shape index (κ2) is 4.92. The number of allylic oxidation sites excluding steroid dienone is 2. The molecule has 0 radical (unpaired) electrons. The van der Waals surface area contributed by atoms with E-state index in [0.717, 1.165) is 0 Å². The Labute approximate surface area is 155 Å². The normalized spacial score (nSPS) is 28.1. The van der Waals surface area contributed by atoms with Gasteiger partial charge in [-0.3, -0.25) is 9.59 Å². The van der Waals surface area contributed by atoms with E-state index in [2.05, 4.69) is 0 Å². The lowest BCUT2D eigenvalue weighted by atomic mass is 9.63. The van der Waals surface area contributed by atoms with Crippen molar-refractivity contribution < 1.29 is 34.4 Å². The van der Waals surface area contributed by atoms with Gasteiger partial charge in [-0.25, -0.2) is 0 Å². The first-order chi connectivity index (χ1) is 12.5. The van der Waals surface area contributed by atoms with E-state index < -0.39 is 34.4 Å². The van der Waals surface area contributed by atoms with E-state index in [1.54, 1.807) is 27.7 Å². The number of methoxy groups -OCH3 is 1. The molecule has 0 unspecified atom stereocenters. The molecule has 2 atom stereocenters. The van der Waals surface area contributed by atoms with E-state index in [-0.39, 0.29) is 39.5 Å². The molecule has 1 fully saturated rings. The summed E-state index contributed by atoms with van der Waals surface area (Å²) >= 11 is 0. The van der Waals surface area contributed by atoms with Gasteiger partial charge in [0.05, 0.1) is 18.2 Å². The zero-order chi connectivity index (χ0) is 20.0. The number of carbonyl (C=O) groups is 2. The number of hydrogen-bond acceptors (Lipinski definition) is 7. The average Bonchev–Trinajstić information content (AvgIpc) is 2.75. The van der Waals surface area contributed by atoms with Gasteiger partial charge in [0.2, 0.25) is 17.3 Å². The van der Waals surface area contributed by atoms with Crippen molar-refractivity contribution in [1.82, 2.24) is 0 Å². The average molecular weight is 372 g/mol. The monoisotopic (exact) mass is 372 g/mol. The topological polar surface area (TPSA) is 113 Å². The number of ketones is 2. The summed E-state index contributed by atoms with van der Waals surface area (Å²) in [5.74, 6) is -2.72. The number of phenolic OH excluding ortho intramolecular Hbond substituents is 1. The van der Waals surface area contributed by atoms with Crippen molar-refractivity contribution in [3.63, 3.8) is 0 Å². The molecule has 1 aliphatic heterocycles. The summed E-state index contributed by atoms with van der Waals surface area (Å²) in [6, 6.07) is 1.30. The second-order valence-corrected chi connectivity index (χ2v) is 7.77. The molecule has 0 aromatic heterocycles. The first kappa shape index (κ1) is 17.6. The van der Waals surface area contributed by atoms with E-state index in [4.69, 9.17) is 9.47 Å². The molecule has 142 valence electrons. The summed E-state index contributed by atoms with van der Waals surface area (Å²) in [6.45, 7) is 6.73. The Morgan fingerprint density at radius 2 is 1.78 bits per heavy atom. The molecule has 0 spiro atoms. The van der Waals surface area contributed by atoms with Crippen molar-refractivity contribution in [3.8, 4) is 5.75 Å². The molecule has 1 heterocycles. The van der Waals surface area contributed by atoms with Crippen LogP contribution in [0.4, 0.5) is 0 Å². The smallest absolute Gasteiger partial charge is 0.235 e. The van der Waals surface area contributed by atoms with Crippen molar-refractivity contribution >= 4 is 17.1 Å². The van der Waals surface area contributed by atoms with Crippen LogP contribution in [0.15, 0.2) is 23.3 Å². The zero-order valence-corrected chi connectivity index (χ0v) is 15.6. The van der Waals surface area contributed by atoms with Crippen molar-refractivity contribution in [1.29, 1.82) is 0 Å². The van der Waals surface area contributed by atoms with E-state index in [1.165, 1.54) is 13.2 Å². The Bertz CT molecular complexity index is 1010. The summed E-state index contributed by atoms with van der Waals surface area (Å²) < 4.78 is 10.9. The van der Waals surface area contributed by atoms with Crippen LogP contribution < -0.4 is 0 Å². The highest BCUT2D eigenvalue weighted by atomic mass is 16.5. The highest BCUT2D eigenvalue weighted by Gasteiger charge is 2.66. The third kappa shape index (κ3) is 1.71. The Hall–Kier alpha value is -2.80. The number of aryl methyl sites for hydroxylation is 1. The molecule has 0 amide bonds. The molecular weight excluding hydrogens is 352 g/mol. The lowest BCUT2D eigenvalue weighted by Crippen LogP contribution is -2.53. The second-order valence-electron chi connectivity index (χ2n) is 7.77. The Kier molecular flexibility index (Phi) is 3.21. The number of phenols is 1. The van der Waals surface area contributed by atoms with Gasteiger partial charge in [0.15, 0.2) is 11.4 Å². The highest BCUT2D eigenvalue weighted by Crippen LogP contribution is 2.58. The molecule has 2 aliphatic carbocycles. The van der Waals surface area contributed by atoms with Gasteiger partial charge in [0.1, 0.15) is 17.6 Å². The molecule has 1 aromatic rings. The third-order valence-electron chi connectivity index (χ3n) is 6.20.